The third-order valence-corrected chi connectivity index (χ3v) is 4.47. The average molecular weight is 294 g/mol. The van der Waals surface area contributed by atoms with Gasteiger partial charge in [0.15, 0.2) is 6.04 Å². The lowest BCUT2D eigenvalue weighted by Gasteiger charge is -2.33. The first-order valence-corrected chi connectivity index (χ1v) is 7.67. The summed E-state index contributed by atoms with van der Waals surface area (Å²) in [6.45, 7) is 2.63. The van der Waals surface area contributed by atoms with E-state index in [1.165, 1.54) is 0 Å². The molecule has 108 valence electrons. The van der Waals surface area contributed by atoms with Crippen LogP contribution in [0.3, 0.4) is 0 Å². The Bertz CT molecular complexity index is 481. The van der Waals surface area contributed by atoms with Gasteiger partial charge in [-0.1, -0.05) is 30.3 Å². The molecule has 1 heterocycles. The molecule has 0 saturated carbocycles. The molecule has 2 N–H and O–H groups in total. The zero-order valence-corrected chi connectivity index (χ0v) is 12.1. The fourth-order valence-electron chi connectivity index (χ4n) is 2.17. The molecule has 0 aliphatic carbocycles. The van der Waals surface area contributed by atoms with Crippen LogP contribution < -0.4 is 5.32 Å². The Morgan fingerprint density at radius 1 is 1.40 bits per heavy atom. The molecule has 1 aliphatic rings. The standard InChI is InChI=1S/C14H18N2O3S/c1-10-9-20-8-7-16(10)14(19)15-12(13(17)18)11-5-3-2-4-6-11/h2-6,10,12H,7-9H2,1H3,(H,15,19)(H,17,18). The van der Waals surface area contributed by atoms with Crippen molar-refractivity contribution in [2.75, 3.05) is 18.1 Å². The van der Waals surface area contributed by atoms with Gasteiger partial charge >= 0.3 is 12.0 Å². The van der Waals surface area contributed by atoms with Gasteiger partial charge in [-0.2, -0.15) is 11.8 Å². The van der Waals surface area contributed by atoms with Crippen LogP contribution in [-0.2, 0) is 4.79 Å². The molecule has 20 heavy (non-hydrogen) atoms. The third kappa shape index (κ3) is 3.45. The van der Waals surface area contributed by atoms with Crippen molar-refractivity contribution >= 4 is 23.8 Å². The third-order valence-electron chi connectivity index (χ3n) is 3.28. The van der Waals surface area contributed by atoms with Crippen LogP contribution in [0.1, 0.15) is 18.5 Å². The Hall–Kier alpha value is -1.69. The summed E-state index contributed by atoms with van der Waals surface area (Å²) < 4.78 is 0. The summed E-state index contributed by atoms with van der Waals surface area (Å²) in [5.74, 6) is 0.723. The molecule has 0 spiro atoms. The van der Waals surface area contributed by atoms with Crippen LogP contribution in [0.15, 0.2) is 30.3 Å². The minimum atomic E-state index is -1.05. The monoisotopic (exact) mass is 294 g/mol. The van der Waals surface area contributed by atoms with Crippen molar-refractivity contribution in [2.45, 2.75) is 19.0 Å². The molecular formula is C14H18N2O3S. The molecule has 0 bridgehead atoms. The highest BCUT2D eigenvalue weighted by Gasteiger charge is 2.28. The molecule has 0 aromatic heterocycles. The summed E-state index contributed by atoms with van der Waals surface area (Å²) >= 11 is 1.81. The van der Waals surface area contributed by atoms with Crippen molar-refractivity contribution in [2.24, 2.45) is 0 Å². The topological polar surface area (TPSA) is 69.6 Å². The zero-order valence-electron chi connectivity index (χ0n) is 11.3. The van der Waals surface area contributed by atoms with E-state index in [0.717, 1.165) is 11.5 Å². The van der Waals surface area contributed by atoms with E-state index in [1.54, 1.807) is 29.2 Å². The lowest BCUT2D eigenvalue weighted by molar-refractivity contribution is -0.139. The van der Waals surface area contributed by atoms with Crippen LogP contribution in [0, 0.1) is 0 Å². The molecule has 1 fully saturated rings. The molecule has 1 saturated heterocycles. The molecule has 2 unspecified atom stereocenters. The number of urea groups is 1. The van der Waals surface area contributed by atoms with Gasteiger partial charge in [-0.15, -0.1) is 0 Å². The van der Waals surface area contributed by atoms with Gasteiger partial charge in [0.05, 0.1) is 0 Å². The molecule has 5 nitrogen and oxygen atoms in total. The number of rotatable bonds is 3. The number of nitrogens with zero attached hydrogens (tertiary/aromatic N) is 1. The largest absolute Gasteiger partial charge is 0.479 e. The van der Waals surface area contributed by atoms with E-state index in [2.05, 4.69) is 5.32 Å². The van der Waals surface area contributed by atoms with Crippen LogP contribution in [0.25, 0.3) is 0 Å². The van der Waals surface area contributed by atoms with Crippen molar-refractivity contribution in [1.82, 2.24) is 10.2 Å². The van der Waals surface area contributed by atoms with E-state index < -0.39 is 12.0 Å². The Morgan fingerprint density at radius 3 is 2.70 bits per heavy atom. The van der Waals surface area contributed by atoms with Gasteiger partial charge in [0, 0.05) is 24.1 Å². The quantitative estimate of drug-likeness (QED) is 0.894. The highest BCUT2D eigenvalue weighted by Crippen LogP contribution is 2.18. The van der Waals surface area contributed by atoms with Gasteiger partial charge in [0.25, 0.3) is 0 Å². The van der Waals surface area contributed by atoms with Crippen molar-refractivity contribution in [3.05, 3.63) is 35.9 Å². The maximum atomic E-state index is 12.2. The number of hydrogen-bond donors (Lipinski definition) is 2. The second-order valence-electron chi connectivity index (χ2n) is 4.75. The summed E-state index contributed by atoms with van der Waals surface area (Å²) in [7, 11) is 0. The number of benzene rings is 1. The molecule has 0 radical (unpaired) electrons. The Balaban J connectivity index is 2.08. The van der Waals surface area contributed by atoms with E-state index in [1.807, 2.05) is 24.8 Å². The fraction of sp³-hybridized carbons (Fsp3) is 0.429. The second-order valence-corrected chi connectivity index (χ2v) is 5.90. The number of carbonyl (C=O) groups is 2. The Morgan fingerprint density at radius 2 is 2.10 bits per heavy atom. The van der Waals surface area contributed by atoms with Gasteiger partial charge in [-0.3, -0.25) is 0 Å². The lowest BCUT2D eigenvalue weighted by Crippen LogP contribution is -2.51. The van der Waals surface area contributed by atoms with Crippen molar-refractivity contribution in [3.63, 3.8) is 0 Å². The number of carboxylic acids is 1. The van der Waals surface area contributed by atoms with E-state index >= 15 is 0 Å². The SMILES string of the molecule is CC1CSCCN1C(=O)NC(C(=O)O)c1ccccc1. The molecule has 1 aliphatic heterocycles. The first kappa shape index (κ1) is 14.7. The summed E-state index contributed by atoms with van der Waals surface area (Å²) in [4.78, 5) is 25.3. The van der Waals surface area contributed by atoms with Crippen molar-refractivity contribution in [1.29, 1.82) is 0 Å². The number of thioether (sulfide) groups is 1. The predicted molar refractivity (Wildman–Crippen MR) is 78.8 cm³/mol. The van der Waals surface area contributed by atoms with Gasteiger partial charge in [0.2, 0.25) is 0 Å². The summed E-state index contributed by atoms with van der Waals surface area (Å²) in [6, 6.07) is 7.55. The zero-order chi connectivity index (χ0) is 14.5. The van der Waals surface area contributed by atoms with Crippen LogP contribution in [0.5, 0.6) is 0 Å². The molecule has 1 aromatic rings. The molecule has 6 heteroatoms. The predicted octanol–water partition coefficient (Wildman–Crippen LogP) is 1.96. The Kier molecular flexibility index (Phi) is 4.89. The highest BCUT2D eigenvalue weighted by molar-refractivity contribution is 7.99. The van der Waals surface area contributed by atoms with Crippen molar-refractivity contribution < 1.29 is 14.7 Å². The van der Waals surface area contributed by atoms with Crippen LogP contribution in [-0.4, -0.2) is 46.1 Å². The molecule has 1 aromatic carbocycles. The van der Waals surface area contributed by atoms with Crippen LogP contribution in [0.2, 0.25) is 0 Å². The summed E-state index contributed by atoms with van der Waals surface area (Å²) in [5.41, 5.74) is 0.576. The number of carbonyl (C=O) groups excluding carboxylic acids is 1. The lowest BCUT2D eigenvalue weighted by atomic mass is 10.1. The summed E-state index contributed by atoms with van der Waals surface area (Å²) in [6.07, 6.45) is 0. The maximum absolute atomic E-state index is 12.2. The fourth-order valence-corrected chi connectivity index (χ4v) is 3.18. The highest BCUT2D eigenvalue weighted by atomic mass is 32.2. The van der Waals surface area contributed by atoms with Crippen molar-refractivity contribution in [3.8, 4) is 0 Å². The van der Waals surface area contributed by atoms with Gasteiger partial charge in [0.1, 0.15) is 0 Å². The number of hydrogen-bond acceptors (Lipinski definition) is 3. The average Bonchev–Trinajstić information content (AvgIpc) is 2.45. The minimum Gasteiger partial charge on any atom is -0.479 e. The van der Waals surface area contributed by atoms with Gasteiger partial charge < -0.3 is 15.3 Å². The van der Waals surface area contributed by atoms with E-state index in [4.69, 9.17) is 0 Å². The Labute approximate surface area is 122 Å². The molecular weight excluding hydrogens is 276 g/mol. The molecule has 2 amide bonds. The van der Waals surface area contributed by atoms with Gasteiger partial charge in [-0.25, -0.2) is 9.59 Å². The number of aliphatic carboxylic acids is 1. The molecule has 2 rings (SSSR count). The van der Waals surface area contributed by atoms with E-state index in [-0.39, 0.29) is 12.1 Å². The maximum Gasteiger partial charge on any atom is 0.330 e. The second kappa shape index (κ2) is 6.65. The number of carboxylic acid groups (broad SMARTS) is 1. The van der Waals surface area contributed by atoms with E-state index in [0.29, 0.717) is 12.1 Å². The number of amides is 2. The normalized spacial score (nSPS) is 20.2. The first-order chi connectivity index (χ1) is 9.59. The summed E-state index contributed by atoms with van der Waals surface area (Å²) in [5, 5.41) is 11.9. The minimum absolute atomic E-state index is 0.124. The van der Waals surface area contributed by atoms with E-state index in [9.17, 15) is 14.7 Å². The van der Waals surface area contributed by atoms with Crippen LogP contribution >= 0.6 is 11.8 Å². The smallest absolute Gasteiger partial charge is 0.330 e. The number of nitrogens with one attached hydrogen (secondary N) is 1. The van der Waals surface area contributed by atoms with Crippen LogP contribution in [0.4, 0.5) is 4.79 Å². The first-order valence-electron chi connectivity index (χ1n) is 6.52. The van der Waals surface area contributed by atoms with Gasteiger partial charge in [-0.05, 0) is 12.5 Å². The molecule has 2 atom stereocenters.